The van der Waals surface area contributed by atoms with Crippen LogP contribution in [0.25, 0.3) is 11.3 Å². The molecule has 7 nitrogen and oxygen atoms in total. The summed E-state index contributed by atoms with van der Waals surface area (Å²) < 4.78 is 7.74. The van der Waals surface area contributed by atoms with Crippen molar-refractivity contribution in [2.45, 2.75) is 20.5 Å². The van der Waals surface area contributed by atoms with Gasteiger partial charge in [-0.2, -0.15) is 5.10 Å². The number of aryl methyl sites for hydroxylation is 3. The van der Waals surface area contributed by atoms with Crippen LogP contribution in [0.15, 0.2) is 53.7 Å². The number of benzene rings is 2. The molecular weight excluding hydrogens is 380 g/mol. The van der Waals surface area contributed by atoms with Crippen molar-refractivity contribution in [2.75, 3.05) is 14.2 Å². The van der Waals surface area contributed by atoms with Gasteiger partial charge in [0.15, 0.2) is 5.71 Å². The van der Waals surface area contributed by atoms with Crippen LogP contribution in [0, 0.1) is 13.8 Å². The number of rotatable bonds is 7. The molecule has 0 spiro atoms. The molecule has 0 aliphatic carbocycles. The number of nitrogens with zero attached hydrogens (tertiary/aromatic N) is 3. The highest BCUT2D eigenvalue weighted by molar-refractivity contribution is 6.45. The van der Waals surface area contributed by atoms with E-state index in [-0.39, 0.29) is 18.2 Å². The number of amides is 1. The lowest BCUT2D eigenvalue weighted by Gasteiger charge is -2.12. The Hall–Kier alpha value is -3.61. The van der Waals surface area contributed by atoms with E-state index in [2.05, 4.69) is 47.6 Å². The molecule has 0 fully saturated rings. The minimum absolute atomic E-state index is 0.194. The highest BCUT2D eigenvalue weighted by atomic mass is 16.6. The summed E-state index contributed by atoms with van der Waals surface area (Å²) >= 11 is 0. The smallest absolute Gasteiger partial charge is 0.273 e. The van der Waals surface area contributed by atoms with E-state index in [0.717, 1.165) is 16.8 Å². The van der Waals surface area contributed by atoms with Gasteiger partial charge in [-0.25, -0.2) is 4.68 Å². The molecule has 2 aromatic carbocycles. The standard InChI is InChI=1S/C23H26N4O3/c1-15-10-11-17(12-16(15)2)20-13-21(27(4)25-20)30-14-18-8-6-7-9-19(18)22(26-29-5)23(28)24-3/h6-13H,14H2,1-5H3,(H,24,28)/b26-22+. The normalized spacial score (nSPS) is 11.3. The van der Waals surface area contributed by atoms with Crippen molar-refractivity contribution >= 4 is 11.6 Å². The van der Waals surface area contributed by atoms with Crippen LogP contribution in [-0.2, 0) is 23.3 Å². The quantitative estimate of drug-likeness (QED) is 0.482. The third-order valence-corrected chi connectivity index (χ3v) is 4.91. The number of likely N-dealkylation sites (N-methyl/N-ethyl adjacent to an activating group) is 1. The topological polar surface area (TPSA) is 77.7 Å². The third-order valence-electron chi connectivity index (χ3n) is 4.91. The fourth-order valence-electron chi connectivity index (χ4n) is 3.08. The van der Waals surface area contributed by atoms with E-state index in [9.17, 15) is 4.79 Å². The van der Waals surface area contributed by atoms with Gasteiger partial charge in [0.05, 0.1) is 5.69 Å². The zero-order valence-electron chi connectivity index (χ0n) is 17.9. The number of nitrogens with one attached hydrogen (secondary N) is 1. The Kier molecular flexibility index (Phi) is 6.51. The third kappa shape index (κ3) is 4.51. The minimum atomic E-state index is -0.332. The van der Waals surface area contributed by atoms with Gasteiger partial charge in [0.2, 0.25) is 5.88 Å². The molecule has 0 aliphatic heterocycles. The van der Waals surface area contributed by atoms with Gasteiger partial charge in [-0.3, -0.25) is 4.79 Å². The van der Waals surface area contributed by atoms with Gasteiger partial charge in [-0.05, 0) is 36.6 Å². The fourth-order valence-corrected chi connectivity index (χ4v) is 3.08. The molecular formula is C23H26N4O3. The van der Waals surface area contributed by atoms with Gasteiger partial charge in [0.1, 0.15) is 13.7 Å². The maximum Gasteiger partial charge on any atom is 0.273 e. The predicted octanol–water partition coefficient (Wildman–Crippen LogP) is 3.38. The van der Waals surface area contributed by atoms with Crippen LogP contribution in [0.1, 0.15) is 22.3 Å². The van der Waals surface area contributed by atoms with Crippen LogP contribution in [-0.4, -0.2) is 35.6 Å². The number of oxime groups is 1. The van der Waals surface area contributed by atoms with E-state index < -0.39 is 0 Å². The molecule has 0 bridgehead atoms. The summed E-state index contributed by atoms with van der Waals surface area (Å²) in [6, 6.07) is 15.6. The van der Waals surface area contributed by atoms with Crippen molar-refractivity contribution in [1.29, 1.82) is 0 Å². The first-order valence-electron chi connectivity index (χ1n) is 9.60. The average molecular weight is 406 g/mol. The lowest BCUT2D eigenvalue weighted by atomic mass is 10.0. The molecule has 156 valence electrons. The Morgan fingerprint density at radius 1 is 1.13 bits per heavy atom. The lowest BCUT2D eigenvalue weighted by molar-refractivity contribution is -0.114. The monoisotopic (exact) mass is 406 g/mol. The molecule has 0 atom stereocenters. The molecule has 1 aromatic heterocycles. The molecule has 30 heavy (non-hydrogen) atoms. The molecule has 0 radical (unpaired) electrons. The second kappa shape index (κ2) is 9.26. The maximum atomic E-state index is 12.2. The predicted molar refractivity (Wildman–Crippen MR) is 117 cm³/mol. The van der Waals surface area contributed by atoms with Crippen LogP contribution < -0.4 is 10.1 Å². The fraction of sp³-hybridized carbons (Fsp3) is 0.261. The van der Waals surface area contributed by atoms with Crippen molar-refractivity contribution in [3.8, 4) is 17.1 Å². The summed E-state index contributed by atoms with van der Waals surface area (Å²) in [6.45, 7) is 4.42. The van der Waals surface area contributed by atoms with Crippen molar-refractivity contribution in [3.63, 3.8) is 0 Å². The first-order chi connectivity index (χ1) is 14.4. The molecule has 0 saturated carbocycles. The Labute approximate surface area is 176 Å². The molecule has 1 heterocycles. The van der Waals surface area contributed by atoms with Crippen molar-refractivity contribution in [3.05, 3.63) is 70.8 Å². The summed E-state index contributed by atoms with van der Waals surface area (Å²) in [7, 11) is 4.80. The van der Waals surface area contributed by atoms with Gasteiger partial charge in [0.25, 0.3) is 5.91 Å². The number of carbonyl (C=O) groups excluding carboxylic acids is 1. The SMILES string of the molecule is CNC(=O)/C(=N/OC)c1ccccc1COc1cc(-c2ccc(C)c(C)c2)nn1C. The van der Waals surface area contributed by atoms with Crippen LogP contribution in [0.2, 0.25) is 0 Å². The zero-order chi connectivity index (χ0) is 21.7. The van der Waals surface area contributed by atoms with E-state index in [1.807, 2.05) is 37.4 Å². The lowest BCUT2D eigenvalue weighted by Crippen LogP contribution is -2.29. The van der Waals surface area contributed by atoms with Crippen LogP contribution in [0.3, 0.4) is 0 Å². The van der Waals surface area contributed by atoms with E-state index in [4.69, 9.17) is 9.57 Å². The van der Waals surface area contributed by atoms with Crippen molar-refractivity contribution in [1.82, 2.24) is 15.1 Å². The maximum absolute atomic E-state index is 12.2. The van der Waals surface area contributed by atoms with Crippen molar-refractivity contribution in [2.24, 2.45) is 12.2 Å². The summed E-state index contributed by atoms with van der Waals surface area (Å²) in [5, 5.41) is 11.0. The van der Waals surface area contributed by atoms with Gasteiger partial charge in [-0.15, -0.1) is 0 Å². The summed E-state index contributed by atoms with van der Waals surface area (Å²) in [6.07, 6.45) is 0. The number of hydrogen-bond donors (Lipinski definition) is 1. The van der Waals surface area contributed by atoms with Crippen LogP contribution >= 0.6 is 0 Å². The summed E-state index contributed by atoms with van der Waals surface area (Å²) in [4.78, 5) is 17.1. The van der Waals surface area contributed by atoms with Crippen LogP contribution in [0.5, 0.6) is 5.88 Å². The first-order valence-corrected chi connectivity index (χ1v) is 9.60. The van der Waals surface area contributed by atoms with E-state index in [0.29, 0.717) is 11.4 Å². The Morgan fingerprint density at radius 2 is 1.90 bits per heavy atom. The minimum Gasteiger partial charge on any atom is -0.473 e. The second-order valence-electron chi connectivity index (χ2n) is 6.94. The van der Waals surface area contributed by atoms with E-state index in [1.54, 1.807) is 11.7 Å². The molecule has 7 heteroatoms. The Balaban J connectivity index is 1.85. The Morgan fingerprint density at radius 3 is 2.60 bits per heavy atom. The molecule has 1 N–H and O–H groups in total. The average Bonchev–Trinajstić information content (AvgIpc) is 3.12. The van der Waals surface area contributed by atoms with Crippen molar-refractivity contribution < 1.29 is 14.4 Å². The van der Waals surface area contributed by atoms with Gasteiger partial charge in [-0.1, -0.05) is 41.6 Å². The van der Waals surface area contributed by atoms with Gasteiger partial charge < -0.3 is 14.9 Å². The molecule has 0 aliphatic rings. The highest BCUT2D eigenvalue weighted by Gasteiger charge is 2.18. The second-order valence-corrected chi connectivity index (χ2v) is 6.94. The van der Waals surface area contributed by atoms with Gasteiger partial charge in [0, 0.05) is 31.3 Å². The van der Waals surface area contributed by atoms with E-state index in [1.165, 1.54) is 18.2 Å². The molecule has 0 saturated heterocycles. The van der Waals surface area contributed by atoms with Crippen LogP contribution in [0.4, 0.5) is 0 Å². The molecule has 0 unspecified atom stereocenters. The van der Waals surface area contributed by atoms with E-state index >= 15 is 0 Å². The summed E-state index contributed by atoms with van der Waals surface area (Å²) in [5.41, 5.74) is 6.00. The summed E-state index contributed by atoms with van der Waals surface area (Å²) in [5.74, 6) is 0.296. The zero-order valence-corrected chi connectivity index (χ0v) is 17.9. The first kappa shape index (κ1) is 21.1. The highest BCUT2D eigenvalue weighted by Crippen LogP contribution is 2.25. The largest absolute Gasteiger partial charge is 0.473 e. The number of carbonyl (C=O) groups is 1. The number of aromatic nitrogens is 2. The van der Waals surface area contributed by atoms with Gasteiger partial charge >= 0.3 is 0 Å². The Bertz CT molecular complexity index is 1090. The molecule has 3 aromatic rings. The molecule has 1 amide bonds. The number of ether oxygens (including phenoxy) is 1. The number of hydrogen-bond acceptors (Lipinski definition) is 5. The molecule has 3 rings (SSSR count).